The molecular weight excluding hydrogens is 176 g/mol. The Bertz CT molecular complexity index is 450. The molecule has 3 rings (SSSR count). The van der Waals surface area contributed by atoms with Gasteiger partial charge in [0.1, 0.15) is 5.65 Å². The van der Waals surface area contributed by atoms with E-state index in [-0.39, 0.29) is 0 Å². The van der Waals surface area contributed by atoms with Crippen molar-refractivity contribution in [2.75, 3.05) is 6.54 Å². The molecule has 0 bridgehead atoms. The first-order valence-electron chi connectivity index (χ1n) is 5.13. The second-order valence-electron chi connectivity index (χ2n) is 3.93. The van der Waals surface area contributed by atoms with Crippen LogP contribution in [-0.4, -0.2) is 20.7 Å². The summed E-state index contributed by atoms with van der Waals surface area (Å²) < 4.78 is 4.10. The fourth-order valence-electron chi connectivity index (χ4n) is 1.85. The van der Waals surface area contributed by atoms with Crippen molar-refractivity contribution < 1.29 is 0 Å². The molecule has 1 saturated carbocycles. The van der Waals surface area contributed by atoms with Gasteiger partial charge < -0.3 is 10.3 Å². The SMILES string of the molecule is NCCn1ccn2nc(C3CC3)cc12. The maximum atomic E-state index is 5.54. The van der Waals surface area contributed by atoms with Crippen LogP contribution in [0.2, 0.25) is 0 Å². The van der Waals surface area contributed by atoms with Gasteiger partial charge in [-0.2, -0.15) is 5.10 Å². The topological polar surface area (TPSA) is 48.2 Å². The molecule has 0 radical (unpaired) electrons. The minimum atomic E-state index is 0.675. The largest absolute Gasteiger partial charge is 0.330 e. The lowest BCUT2D eigenvalue weighted by molar-refractivity contribution is 0.730. The first kappa shape index (κ1) is 8.05. The van der Waals surface area contributed by atoms with Crippen molar-refractivity contribution in [3.63, 3.8) is 0 Å². The highest BCUT2D eigenvalue weighted by molar-refractivity contribution is 5.42. The lowest BCUT2D eigenvalue weighted by atomic mass is 10.3. The number of fused-ring (bicyclic) bond motifs is 1. The Morgan fingerprint density at radius 3 is 3.00 bits per heavy atom. The Kier molecular flexibility index (Phi) is 1.64. The van der Waals surface area contributed by atoms with Crippen LogP contribution in [0, 0.1) is 0 Å². The third-order valence-corrected chi connectivity index (χ3v) is 2.78. The number of imidazole rings is 1. The first-order chi connectivity index (χ1) is 6.88. The van der Waals surface area contributed by atoms with Crippen molar-refractivity contribution in [3.8, 4) is 0 Å². The number of aromatic nitrogens is 3. The second-order valence-corrected chi connectivity index (χ2v) is 3.93. The van der Waals surface area contributed by atoms with Gasteiger partial charge in [0.2, 0.25) is 0 Å². The molecule has 1 fully saturated rings. The van der Waals surface area contributed by atoms with Gasteiger partial charge >= 0.3 is 0 Å². The summed E-state index contributed by atoms with van der Waals surface area (Å²) in [6.45, 7) is 1.54. The van der Waals surface area contributed by atoms with E-state index in [0.29, 0.717) is 6.54 Å². The van der Waals surface area contributed by atoms with Crippen LogP contribution < -0.4 is 5.73 Å². The van der Waals surface area contributed by atoms with Crippen molar-refractivity contribution in [1.29, 1.82) is 0 Å². The maximum absolute atomic E-state index is 5.54. The standard InChI is InChI=1S/C10H14N4/c11-3-4-13-5-6-14-10(13)7-9(12-14)8-1-2-8/h5-8H,1-4,11H2. The maximum Gasteiger partial charge on any atom is 0.136 e. The van der Waals surface area contributed by atoms with E-state index in [1.807, 2.05) is 16.9 Å². The second kappa shape index (κ2) is 2.85. The van der Waals surface area contributed by atoms with Gasteiger partial charge in [0.05, 0.1) is 5.69 Å². The summed E-state index contributed by atoms with van der Waals surface area (Å²) >= 11 is 0. The van der Waals surface area contributed by atoms with Crippen LogP contribution in [-0.2, 0) is 6.54 Å². The molecule has 0 aliphatic heterocycles. The number of hydrogen-bond donors (Lipinski definition) is 1. The molecule has 14 heavy (non-hydrogen) atoms. The smallest absolute Gasteiger partial charge is 0.136 e. The zero-order valence-corrected chi connectivity index (χ0v) is 8.06. The van der Waals surface area contributed by atoms with Crippen molar-refractivity contribution >= 4 is 5.65 Å². The first-order valence-corrected chi connectivity index (χ1v) is 5.13. The summed E-state index contributed by atoms with van der Waals surface area (Å²) in [5.41, 5.74) is 7.95. The van der Waals surface area contributed by atoms with Gasteiger partial charge in [0.15, 0.2) is 0 Å². The van der Waals surface area contributed by atoms with Crippen LogP contribution >= 0.6 is 0 Å². The van der Waals surface area contributed by atoms with Crippen molar-refractivity contribution in [2.45, 2.75) is 25.3 Å². The summed E-state index contributed by atoms with van der Waals surface area (Å²) in [5.74, 6) is 0.723. The minimum absolute atomic E-state index is 0.675. The summed E-state index contributed by atoms with van der Waals surface area (Å²) in [5, 5.41) is 4.53. The van der Waals surface area contributed by atoms with Crippen LogP contribution in [0.25, 0.3) is 5.65 Å². The summed E-state index contributed by atoms with van der Waals surface area (Å²) in [6, 6.07) is 2.19. The Hall–Kier alpha value is -1.29. The van der Waals surface area contributed by atoms with E-state index in [0.717, 1.165) is 18.1 Å². The third-order valence-electron chi connectivity index (χ3n) is 2.78. The average molecular weight is 190 g/mol. The fourth-order valence-corrected chi connectivity index (χ4v) is 1.85. The van der Waals surface area contributed by atoms with Crippen molar-refractivity contribution in [2.24, 2.45) is 5.73 Å². The summed E-state index contributed by atoms with van der Waals surface area (Å²) in [7, 11) is 0. The molecule has 0 atom stereocenters. The number of nitrogens with two attached hydrogens (primary N) is 1. The van der Waals surface area contributed by atoms with E-state index < -0.39 is 0 Å². The molecule has 0 amide bonds. The predicted molar refractivity (Wildman–Crippen MR) is 54.2 cm³/mol. The van der Waals surface area contributed by atoms with Crippen molar-refractivity contribution in [1.82, 2.24) is 14.2 Å². The molecule has 4 heteroatoms. The van der Waals surface area contributed by atoms with E-state index in [1.54, 1.807) is 0 Å². The Labute approximate surface area is 82.3 Å². The van der Waals surface area contributed by atoms with Gasteiger partial charge in [-0.25, -0.2) is 4.52 Å². The number of nitrogens with zero attached hydrogens (tertiary/aromatic N) is 3. The van der Waals surface area contributed by atoms with E-state index in [2.05, 4.69) is 15.7 Å². The van der Waals surface area contributed by atoms with Gasteiger partial charge in [-0.3, -0.25) is 0 Å². The van der Waals surface area contributed by atoms with Crippen LogP contribution in [0.4, 0.5) is 0 Å². The number of hydrogen-bond acceptors (Lipinski definition) is 2. The predicted octanol–water partition coefficient (Wildman–Crippen LogP) is 0.972. The van der Waals surface area contributed by atoms with Gasteiger partial charge in [0, 0.05) is 37.5 Å². The van der Waals surface area contributed by atoms with E-state index in [4.69, 9.17) is 5.73 Å². The van der Waals surface area contributed by atoms with E-state index >= 15 is 0 Å². The highest BCUT2D eigenvalue weighted by Crippen LogP contribution is 2.39. The highest BCUT2D eigenvalue weighted by atomic mass is 15.3. The zero-order valence-electron chi connectivity index (χ0n) is 8.06. The molecule has 1 aliphatic rings. The van der Waals surface area contributed by atoms with Gasteiger partial charge in [-0.15, -0.1) is 0 Å². The molecule has 2 aromatic rings. The zero-order chi connectivity index (χ0) is 9.54. The highest BCUT2D eigenvalue weighted by Gasteiger charge is 2.26. The molecule has 2 aromatic heterocycles. The van der Waals surface area contributed by atoms with Crippen molar-refractivity contribution in [3.05, 3.63) is 24.2 Å². The van der Waals surface area contributed by atoms with Gasteiger partial charge in [-0.1, -0.05) is 0 Å². The molecule has 74 valence electrons. The molecule has 0 spiro atoms. The lowest BCUT2D eigenvalue weighted by Gasteiger charge is -1.97. The Morgan fingerprint density at radius 2 is 2.29 bits per heavy atom. The van der Waals surface area contributed by atoms with E-state index in [9.17, 15) is 0 Å². The molecule has 2 N–H and O–H groups in total. The molecule has 0 aromatic carbocycles. The molecule has 1 aliphatic carbocycles. The van der Waals surface area contributed by atoms with Gasteiger partial charge in [-0.05, 0) is 12.8 Å². The number of rotatable bonds is 3. The Balaban J connectivity index is 2.05. The molecule has 0 unspecified atom stereocenters. The van der Waals surface area contributed by atoms with Crippen LogP contribution in [0.3, 0.4) is 0 Å². The molecule has 2 heterocycles. The monoisotopic (exact) mass is 190 g/mol. The minimum Gasteiger partial charge on any atom is -0.330 e. The quantitative estimate of drug-likeness (QED) is 0.784. The Morgan fingerprint density at radius 1 is 1.43 bits per heavy atom. The fraction of sp³-hybridized carbons (Fsp3) is 0.500. The molecule has 4 nitrogen and oxygen atoms in total. The summed E-state index contributed by atoms with van der Waals surface area (Å²) in [4.78, 5) is 0. The van der Waals surface area contributed by atoms with E-state index in [1.165, 1.54) is 18.5 Å². The normalized spacial score (nSPS) is 16.6. The molecular formula is C10H14N4. The average Bonchev–Trinajstić information content (AvgIpc) is 2.84. The lowest BCUT2D eigenvalue weighted by Crippen LogP contribution is -2.08. The van der Waals surface area contributed by atoms with Gasteiger partial charge in [0.25, 0.3) is 0 Å². The molecule has 0 saturated heterocycles. The van der Waals surface area contributed by atoms with Crippen LogP contribution in [0.1, 0.15) is 24.5 Å². The summed E-state index contributed by atoms with van der Waals surface area (Å²) in [6.07, 6.45) is 6.64. The third kappa shape index (κ3) is 1.14. The van der Waals surface area contributed by atoms with Crippen LogP contribution in [0.15, 0.2) is 18.5 Å². The van der Waals surface area contributed by atoms with Crippen LogP contribution in [0.5, 0.6) is 0 Å².